The van der Waals surface area contributed by atoms with Crippen LogP contribution in [0, 0.1) is 20.8 Å². The highest BCUT2D eigenvalue weighted by Gasteiger charge is 2.15. The van der Waals surface area contributed by atoms with Crippen LogP contribution >= 0.6 is 0 Å². The van der Waals surface area contributed by atoms with E-state index in [4.69, 9.17) is 4.74 Å². The normalized spacial score (nSPS) is 12.5. The Morgan fingerprint density at radius 1 is 1.29 bits per heavy atom. The van der Waals surface area contributed by atoms with Crippen LogP contribution < -0.4 is 10.1 Å². The van der Waals surface area contributed by atoms with Crippen molar-refractivity contribution in [2.75, 3.05) is 7.11 Å². The molecular weight excluding hydrogens is 262 g/mol. The smallest absolute Gasteiger partial charge is 0.216 e. The zero-order chi connectivity index (χ0) is 15.6. The Kier molecular flexibility index (Phi) is 4.68. The predicted octanol–water partition coefficient (Wildman–Crippen LogP) is 3.20. The van der Waals surface area contributed by atoms with E-state index in [-0.39, 0.29) is 6.04 Å². The van der Waals surface area contributed by atoms with Crippen LogP contribution in [0.1, 0.15) is 40.9 Å². The summed E-state index contributed by atoms with van der Waals surface area (Å²) in [6, 6.07) is 6.87. The number of nitrogens with one attached hydrogen (secondary N) is 1. The molecule has 0 amide bonds. The molecule has 1 unspecified atom stereocenters. The molecular formula is C17H25N3O. The molecule has 0 aliphatic rings. The van der Waals surface area contributed by atoms with E-state index in [0.29, 0.717) is 0 Å². The van der Waals surface area contributed by atoms with E-state index < -0.39 is 0 Å². The van der Waals surface area contributed by atoms with E-state index in [2.05, 4.69) is 49.4 Å². The molecule has 4 nitrogen and oxygen atoms in total. The van der Waals surface area contributed by atoms with Crippen molar-refractivity contribution < 1.29 is 4.74 Å². The molecule has 1 atom stereocenters. The summed E-state index contributed by atoms with van der Waals surface area (Å²) >= 11 is 0. The molecule has 0 radical (unpaired) electrons. The second-order valence-corrected chi connectivity index (χ2v) is 5.66. The summed E-state index contributed by atoms with van der Waals surface area (Å²) in [5.74, 6) is 0.827. The molecule has 0 fully saturated rings. The Labute approximate surface area is 127 Å². The largest absolute Gasteiger partial charge is 0.481 e. The van der Waals surface area contributed by atoms with Gasteiger partial charge in [0.2, 0.25) is 5.88 Å². The number of hydrogen-bond donors (Lipinski definition) is 1. The SMILES string of the molecule is COc1c(CNC(C)c2cc(C)ccc2C)c(C)nn1C. The van der Waals surface area contributed by atoms with Crippen molar-refractivity contribution in [3.05, 3.63) is 46.1 Å². The van der Waals surface area contributed by atoms with Gasteiger partial charge in [-0.15, -0.1) is 0 Å². The van der Waals surface area contributed by atoms with Crippen molar-refractivity contribution >= 4 is 0 Å². The van der Waals surface area contributed by atoms with Crippen molar-refractivity contribution in [1.82, 2.24) is 15.1 Å². The van der Waals surface area contributed by atoms with Gasteiger partial charge in [-0.1, -0.05) is 23.8 Å². The number of nitrogens with zero attached hydrogens (tertiary/aromatic N) is 2. The molecule has 0 spiro atoms. The van der Waals surface area contributed by atoms with Gasteiger partial charge in [0.25, 0.3) is 0 Å². The second-order valence-electron chi connectivity index (χ2n) is 5.66. The number of ether oxygens (including phenoxy) is 1. The first-order valence-corrected chi connectivity index (χ1v) is 7.31. The summed E-state index contributed by atoms with van der Waals surface area (Å²) in [4.78, 5) is 0. The third-order valence-corrected chi connectivity index (χ3v) is 3.97. The molecule has 0 saturated heterocycles. The lowest BCUT2D eigenvalue weighted by molar-refractivity contribution is 0.367. The van der Waals surface area contributed by atoms with Gasteiger partial charge in [-0.05, 0) is 38.8 Å². The van der Waals surface area contributed by atoms with Gasteiger partial charge in [0, 0.05) is 19.6 Å². The zero-order valence-corrected chi connectivity index (χ0v) is 13.8. The van der Waals surface area contributed by atoms with E-state index >= 15 is 0 Å². The lowest BCUT2D eigenvalue weighted by atomic mass is 10.00. The highest BCUT2D eigenvalue weighted by atomic mass is 16.5. The molecule has 0 aliphatic carbocycles. The van der Waals surface area contributed by atoms with Gasteiger partial charge in [0.05, 0.1) is 18.4 Å². The summed E-state index contributed by atoms with van der Waals surface area (Å²) in [6.07, 6.45) is 0. The van der Waals surface area contributed by atoms with Crippen molar-refractivity contribution in [3.8, 4) is 5.88 Å². The molecule has 0 aliphatic heterocycles. The maximum atomic E-state index is 5.44. The van der Waals surface area contributed by atoms with Gasteiger partial charge in [-0.2, -0.15) is 5.10 Å². The summed E-state index contributed by atoms with van der Waals surface area (Å²) < 4.78 is 7.22. The predicted molar refractivity (Wildman–Crippen MR) is 85.7 cm³/mol. The molecule has 2 aromatic rings. The number of aryl methyl sites for hydroxylation is 4. The third kappa shape index (κ3) is 3.27. The molecule has 0 bridgehead atoms. The maximum Gasteiger partial charge on any atom is 0.216 e. The molecule has 4 heteroatoms. The second kappa shape index (κ2) is 6.31. The fourth-order valence-corrected chi connectivity index (χ4v) is 2.73. The van der Waals surface area contributed by atoms with Crippen molar-refractivity contribution in [1.29, 1.82) is 0 Å². The van der Waals surface area contributed by atoms with E-state index in [0.717, 1.165) is 23.7 Å². The Balaban J connectivity index is 2.14. The summed E-state index contributed by atoms with van der Waals surface area (Å²) in [5.41, 5.74) is 6.08. The van der Waals surface area contributed by atoms with Crippen LogP contribution in [0.5, 0.6) is 5.88 Å². The lowest BCUT2D eigenvalue weighted by Crippen LogP contribution is -2.19. The van der Waals surface area contributed by atoms with Crippen LogP contribution in [-0.2, 0) is 13.6 Å². The van der Waals surface area contributed by atoms with Crippen LogP contribution in [0.3, 0.4) is 0 Å². The third-order valence-electron chi connectivity index (χ3n) is 3.97. The minimum Gasteiger partial charge on any atom is -0.481 e. The topological polar surface area (TPSA) is 39.1 Å². The molecule has 21 heavy (non-hydrogen) atoms. The molecule has 2 rings (SSSR count). The first-order valence-electron chi connectivity index (χ1n) is 7.31. The average Bonchev–Trinajstić information content (AvgIpc) is 2.72. The fraction of sp³-hybridized carbons (Fsp3) is 0.471. The summed E-state index contributed by atoms with van der Waals surface area (Å²) in [7, 11) is 3.59. The molecule has 114 valence electrons. The minimum absolute atomic E-state index is 0.286. The molecule has 1 heterocycles. The minimum atomic E-state index is 0.286. The van der Waals surface area contributed by atoms with Crippen LogP contribution in [0.25, 0.3) is 0 Å². The van der Waals surface area contributed by atoms with Crippen molar-refractivity contribution in [2.45, 2.75) is 40.3 Å². The standard InChI is InChI=1S/C17H25N3O/c1-11-7-8-12(2)15(9-11)13(3)18-10-16-14(4)19-20(5)17(16)21-6/h7-9,13,18H,10H2,1-6H3. The van der Waals surface area contributed by atoms with E-state index in [9.17, 15) is 0 Å². The lowest BCUT2D eigenvalue weighted by Gasteiger charge is -2.17. The number of hydrogen-bond acceptors (Lipinski definition) is 3. The Morgan fingerprint density at radius 3 is 2.67 bits per heavy atom. The fourth-order valence-electron chi connectivity index (χ4n) is 2.73. The van der Waals surface area contributed by atoms with E-state index in [1.165, 1.54) is 16.7 Å². The highest BCUT2D eigenvalue weighted by molar-refractivity contribution is 5.34. The number of rotatable bonds is 5. The van der Waals surface area contributed by atoms with Gasteiger partial charge in [0.1, 0.15) is 0 Å². The van der Waals surface area contributed by atoms with Crippen LogP contribution in [0.15, 0.2) is 18.2 Å². The van der Waals surface area contributed by atoms with Crippen LogP contribution in [-0.4, -0.2) is 16.9 Å². The monoisotopic (exact) mass is 287 g/mol. The average molecular weight is 287 g/mol. The summed E-state index contributed by atoms with van der Waals surface area (Å²) in [5, 5.41) is 7.99. The van der Waals surface area contributed by atoms with Crippen LogP contribution in [0.4, 0.5) is 0 Å². The molecule has 1 aromatic carbocycles. The molecule has 1 aromatic heterocycles. The van der Waals surface area contributed by atoms with Crippen molar-refractivity contribution in [2.24, 2.45) is 7.05 Å². The van der Waals surface area contributed by atoms with E-state index in [1.54, 1.807) is 11.8 Å². The molecule has 1 N–H and O–H groups in total. The number of benzene rings is 1. The van der Waals surface area contributed by atoms with Gasteiger partial charge in [-0.25, -0.2) is 4.68 Å². The molecule has 0 saturated carbocycles. The van der Waals surface area contributed by atoms with Crippen molar-refractivity contribution in [3.63, 3.8) is 0 Å². The van der Waals surface area contributed by atoms with E-state index in [1.807, 2.05) is 14.0 Å². The Hall–Kier alpha value is -1.81. The first-order chi connectivity index (χ1) is 9.93. The zero-order valence-electron chi connectivity index (χ0n) is 13.8. The van der Waals surface area contributed by atoms with Crippen LogP contribution in [0.2, 0.25) is 0 Å². The highest BCUT2D eigenvalue weighted by Crippen LogP contribution is 2.23. The number of aromatic nitrogens is 2. The maximum absolute atomic E-state index is 5.44. The summed E-state index contributed by atoms with van der Waals surface area (Å²) in [6.45, 7) is 9.24. The number of methoxy groups -OCH3 is 1. The van der Waals surface area contributed by atoms with Gasteiger partial charge in [-0.3, -0.25) is 0 Å². The first kappa shape index (κ1) is 15.6. The van der Waals surface area contributed by atoms with Gasteiger partial charge < -0.3 is 10.1 Å². The Morgan fingerprint density at radius 2 is 2.00 bits per heavy atom. The van der Waals surface area contributed by atoms with Gasteiger partial charge >= 0.3 is 0 Å². The quantitative estimate of drug-likeness (QED) is 0.918. The van der Waals surface area contributed by atoms with Gasteiger partial charge in [0.15, 0.2) is 0 Å². The Bertz CT molecular complexity index is 631.